The number of hydrogen-bond donors (Lipinski definition) is 0. The molecule has 0 N–H and O–H groups in total. The first-order valence-electron chi connectivity index (χ1n) is 8.45. The summed E-state index contributed by atoms with van der Waals surface area (Å²) in [5.41, 5.74) is 3.94. The van der Waals surface area contributed by atoms with Crippen LogP contribution in [0.2, 0.25) is 0 Å². The number of thioether (sulfide) groups is 1. The lowest BCUT2D eigenvalue weighted by Gasteiger charge is -2.16. The van der Waals surface area contributed by atoms with Gasteiger partial charge in [-0.1, -0.05) is 36.8 Å². The van der Waals surface area contributed by atoms with Gasteiger partial charge in [-0.05, 0) is 42.9 Å². The lowest BCUT2D eigenvalue weighted by molar-refractivity contribution is -0.119. The molecule has 0 bridgehead atoms. The van der Waals surface area contributed by atoms with Crippen molar-refractivity contribution in [3.05, 3.63) is 64.1 Å². The SMILES string of the molecule is CCSC1=C(c2ccc(C)cc2C)C(=O)N(c2cccc(OC)c2)C1=O. The van der Waals surface area contributed by atoms with E-state index in [-0.39, 0.29) is 11.8 Å². The van der Waals surface area contributed by atoms with Crippen LogP contribution < -0.4 is 9.64 Å². The fourth-order valence-corrected chi connectivity index (χ4v) is 3.95. The van der Waals surface area contributed by atoms with E-state index < -0.39 is 0 Å². The molecule has 0 spiro atoms. The van der Waals surface area contributed by atoms with Crippen LogP contribution in [0.4, 0.5) is 5.69 Å². The highest BCUT2D eigenvalue weighted by Gasteiger charge is 2.40. The molecule has 2 amide bonds. The number of amides is 2. The summed E-state index contributed by atoms with van der Waals surface area (Å²) in [6, 6.07) is 12.9. The number of rotatable bonds is 5. The third-order valence-electron chi connectivity index (χ3n) is 4.29. The molecular formula is C21H21NO3S. The number of methoxy groups -OCH3 is 1. The van der Waals surface area contributed by atoms with Crippen LogP contribution in [-0.4, -0.2) is 24.7 Å². The van der Waals surface area contributed by atoms with Crippen LogP contribution in [0.25, 0.3) is 5.57 Å². The third kappa shape index (κ3) is 3.15. The van der Waals surface area contributed by atoms with Gasteiger partial charge in [-0.3, -0.25) is 9.59 Å². The van der Waals surface area contributed by atoms with Gasteiger partial charge in [-0.2, -0.15) is 0 Å². The zero-order valence-corrected chi connectivity index (χ0v) is 16.1. The molecule has 0 fully saturated rings. The summed E-state index contributed by atoms with van der Waals surface area (Å²) in [6.45, 7) is 5.95. The highest BCUT2D eigenvalue weighted by atomic mass is 32.2. The van der Waals surface area contributed by atoms with E-state index in [0.29, 0.717) is 27.7 Å². The quantitative estimate of drug-likeness (QED) is 0.737. The third-order valence-corrected chi connectivity index (χ3v) is 5.25. The van der Waals surface area contributed by atoms with Crippen LogP contribution in [-0.2, 0) is 9.59 Å². The van der Waals surface area contributed by atoms with Crippen LogP contribution in [0.5, 0.6) is 5.75 Å². The van der Waals surface area contributed by atoms with Gasteiger partial charge < -0.3 is 4.74 Å². The lowest BCUT2D eigenvalue weighted by Crippen LogP contribution is -2.31. The predicted octanol–water partition coefficient (Wildman–Crippen LogP) is 4.35. The normalized spacial score (nSPS) is 14.4. The van der Waals surface area contributed by atoms with Crippen molar-refractivity contribution in [1.82, 2.24) is 0 Å². The zero-order valence-electron chi connectivity index (χ0n) is 15.3. The second kappa shape index (κ2) is 7.38. The highest BCUT2D eigenvalue weighted by Crippen LogP contribution is 2.39. The maximum Gasteiger partial charge on any atom is 0.272 e. The minimum atomic E-state index is -0.286. The van der Waals surface area contributed by atoms with E-state index in [4.69, 9.17) is 4.74 Å². The Kier molecular flexibility index (Phi) is 5.18. The largest absolute Gasteiger partial charge is 0.497 e. The number of aryl methyl sites for hydroxylation is 2. The standard InChI is InChI=1S/C21H21NO3S/c1-5-26-19-18(17-10-9-13(2)11-14(17)3)20(23)22(21(19)24)15-7-6-8-16(12-15)25-4/h6-12H,5H2,1-4H3. The Balaban J connectivity index is 2.12. The first kappa shape index (κ1) is 18.3. The Hall–Kier alpha value is -2.53. The molecule has 26 heavy (non-hydrogen) atoms. The molecule has 1 aliphatic rings. The van der Waals surface area contributed by atoms with E-state index in [1.54, 1.807) is 31.4 Å². The topological polar surface area (TPSA) is 46.6 Å². The molecule has 0 unspecified atom stereocenters. The van der Waals surface area contributed by atoms with E-state index in [0.717, 1.165) is 16.7 Å². The smallest absolute Gasteiger partial charge is 0.272 e. The minimum absolute atomic E-state index is 0.273. The van der Waals surface area contributed by atoms with Crippen molar-refractivity contribution in [2.24, 2.45) is 0 Å². The molecule has 1 aliphatic heterocycles. The van der Waals surface area contributed by atoms with Gasteiger partial charge in [0.25, 0.3) is 11.8 Å². The lowest BCUT2D eigenvalue weighted by atomic mass is 9.99. The highest BCUT2D eigenvalue weighted by molar-refractivity contribution is 8.04. The molecule has 2 aromatic carbocycles. The average molecular weight is 367 g/mol. The van der Waals surface area contributed by atoms with Crippen molar-refractivity contribution >= 4 is 34.8 Å². The molecule has 2 aromatic rings. The minimum Gasteiger partial charge on any atom is -0.497 e. The molecule has 0 saturated heterocycles. The van der Waals surface area contributed by atoms with Crippen molar-refractivity contribution in [2.45, 2.75) is 20.8 Å². The van der Waals surface area contributed by atoms with Gasteiger partial charge in [0.1, 0.15) is 5.75 Å². The van der Waals surface area contributed by atoms with Crippen LogP contribution in [0, 0.1) is 13.8 Å². The van der Waals surface area contributed by atoms with Crippen LogP contribution in [0.1, 0.15) is 23.6 Å². The summed E-state index contributed by atoms with van der Waals surface area (Å²) in [7, 11) is 1.56. The molecule has 0 aliphatic carbocycles. The fraction of sp³-hybridized carbons (Fsp3) is 0.238. The van der Waals surface area contributed by atoms with Gasteiger partial charge in [-0.15, -0.1) is 11.8 Å². The molecule has 0 radical (unpaired) electrons. The second-order valence-electron chi connectivity index (χ2n) is 6.10. The molecule has 0 saturated carbocycles. The van der Waals surface area contributed by atoms with E-state index >= 15 is 0 Å². The maximum absolute atomic E-state index is 13.2. The average Bonchev–Trinajstić information content (AvgIpc) is 2.86. The fourth-order valence-electron chi connectivity index (χ4n) is 3.10. The predicted molar refractivity (Wildman–Crippen MR) is 106 cm³/mol. The summed E-state index contributed by atoms with van der Waals surface area (Å²) in [6.07, 6.45) is 0. The van der Waals surface area contributed by atoms with Gasteiger partial charge in [0.05, 0.1) is 23.3 Å². The second-order valence-corrected chi connectivity index (χ2v) is 7.38. The summed E-state index contributed by atoms with van der Waals surface area (Å²) in [5, 5.41) is 0. The summed E-state index contributed by atoms with van der Waals surface area (Å²) in [5.74, 6) is 0.762. The van der Waals surface area contributed by atoms with Crippen molar-refractivity contribution in [2.75, 3.05) is 17.8 Å². The number of hydrogen-bond acceptors (Lipinski definition) is 4. The number of carbonyl (C=O) groups excluding carboxylic acids is 2. The Bertz CT molecular complexity index is 917. The maximum atomic E-state index is 13.2. The molecule has 4 nitrogen and oxygen atoms in total. The van der Waals surface area contributed by atoms with Crippen molar-refractivity contribution < 1.29 is 14.3 Å². The number of nitrogens with zero attached hydrogens (tertiary/aromatic N) is 1. The Morgan fingerprint density at radius 2 is 1.81 bits per heavy atom. The summed E-state index contributed by atoms with van der Waals surface area (Å²) < 4.78 is 5.23. The van der Waals surface area contributed by atoms with Crippen molar-refractivity contribution in [1.29, 1.82) is 0 Å². The number of benzene rings is 2. The summed E-state index contributed by atoms with van der Waals surface area (Å²) >= 11 is 1.41. The van der Waals surface area contributed by atoms with Crippen molar-refractivity contribution in [3.63, 3.8) is 0 Å². The number of anilines is 1. The Morgan fingerprint density at radius 3 is 2.46 bits per heavy atom. The van der Waals surface area contributed by atoms with E-state index in [1.807, 2.05) is 39.0 Å². The molecule has 3 rings (SSSR count). The first-order valence-corrected chi connectivity index (χ1v) is 9.44. The molecule has 5 heteroatoms. The van der Waals surface area contributed by atoms with Gasteiger partial charge >= 0.3 is 0 Å². The molecule has 134 valence electrons. The van der Waals surface area contributed by atoms with E-state index in [9.17, 15) is 9.59 Å². The molecular weight excluding hydrogens is 346 g/mol. The van der Waals surface area contributed by atoms with Gasteiger partial charge in [0.15, 0.2) is 0 Å². The van der Waals surface area contributed by atoms with Crippen molar-refractivity contribution in [3.8, 4) is 5.75 Å². The molecule has 0 atom stereocenters. The van der Waals surface area contributed by atoms with Crippen LogP contribution >= 0.6 is 11.8 Å². The first-order chi connectivity index (χ1) is 12.5. The Labute approximate surface area is 157 Å². The van der Waals surface area contributed by atoms with Gasteiger partial charge in [-0.25, -0.2) is 4.90 Å². The number of imide groups is 1. The van der Waals surface area contributed by atoms with Crippen LogP contribution in [0.3, 0.4) is 0 Å². The molecule has 0 aromatic heterocycles. The molecule has 1 heterocycles. The van der Waals surface area contributed by atoms with Gasteiger partial charge in [0.2, 0.25) is 0 Å². The monoisotopic (exact) mass is 367 g/mol. The zero-order chi connectivity index (χ0) is 18.8. The van der Waals surface area contributed by atoms with E-state index in [2.05, 4.69) is 0 Å². The van der Waals surface area contributed by atoms with Gasteiger partial charge in [0, 0.05) is 6.07 Å². The number of ether oxygens (including phenoxy) is 1. The number of carbonyl (C=O) groups is 2. The van der Waals surface area contributed by atoms with Crippen LogP contribution in [0.15, 0.2) is 47.4 Å². The summed E-state index contributed by atoms with van der Waals surface area (Å²) in [4.78, 5) is 28.0. The Morgan fingerprint density at radius 1 is 1.04 bits per heavy atom. The van der Waals surface area contributed by atoms with E-state index in [1.165, 1.54) is 16.7 Å².